The molecule has 1 aromatic carbocycles. The minimum absolute atomic E-state index is 0.0923. The summed E-state index contributed by atoms with van der Waals surface area (Å²) in [7, 11) is -0.915. The first-order chi connectivity index (χ1) is 18.6. The summed E-state index contributed by atoms with van der Waals surface area (Å²) >= 11 is 0. The second-order valence-corrected chi connectivity index (χ2v) is 12.0. The first-order valence-corrected chi connectivity index (χ1v) is 14.1. The molecule has 1 aromatic heterocycles. The van der Waals surface area contributed by atoms with Gasteiger partial charge in [-0.2, -0.15) is 17.5 Å². The molecule has 3 atom stereocenters. The number of aliphatic hydroxyl groups excluding tert-OH is 1. The summed E-state index contributed by atoms with van der Waals surface area (Å²) in [6, 6.07) is 3.83. The van der Waals surface area contributed by atoms with Crippen LogP contribution in [0, 0.1) is 5.92 Å². The molecule has 1 aliphatic rings. The molecule has 2 heterocycles. The summed E-state index contributed by atoms with van der Waals surface area (Å²) < 4.78 is 72.6. The van der Waals surface area contributed by atoms with E-state index < -0.39 is 47.1 Å². The van der Waals surface area contributed by atoms with E-state index in [4.69, 9.17) is 4.74 Å². The number of hydrogen-bond acceptors (Lipinski definition) is 7. The second kappa shape index (κ2) is 12.6. The van der Waals surface area contributed by atoms with Crippen molar-refractivity contribution in [2.75, 3.05) is 32.1 Å². The molecule has 2 N–H and O–H groups in total. The Hall–Kier alpha value is -3.17. The molecule has 0 bridgehead atoms. The van der Waals surface area contributed by atoms with Crippen LogP contribution in [0.15, 0.2) is 35.7 Å². The van der Waals surface area contributed by atoms with Gasteiger partial charge in [-0.15, -0.1) is 0 Å². The van der Waals surface area contributed by atoms with Crippen molar-refractivity contribution < 1.29 is 41.0 Å². The van der Waals surface area contributed by atoms with Crippen molar-refractivity contribution in [1.29, 1.82) is 0 Å². The van der Waals surface area contributed by atoms with Gasteiger partial charge in [0.15, 0.2) is 5.03 Å². The van der Waals surface area contributed by atoms with Crippen molar-refractivity contribution in [3.05, 3.63) is 36.3 Å². The fourth-order valence-electron chi connectivity index (χ4n) is 4.24. The van der Waals surface area contributed by atoms with E-state index >= 15 is 0 Å². The first kappa shape index (κ1) is 31.4. The molecular weight excluding hydrogens is 555 g/mol. The van der Waals surface area contributed by atoms with Gasteiger partial charge in [-0.05, 0) is 25.1 Å². The molecule has 0 radical (unpaired) electrons. The zero-order valence-electron chi connectivity index (χ0n) is 22.7. The number of ether oxygens (including phenoxy) is 1. The van der Waals surface area contributed by atoms with Gasteiger partial charge >= 0.3 is 6.18 Å². The third-order valence-electron chi connectivity index (χ3n) is 6.63. The molecule has 40 heavy (non-hydrogen) atoms. The Labute approximate surface area is 231 Å². The Kier molecular flexibility index (Phi) is 9.85. The van der Waals surface area contributed by atoms with Crippen LogP contribution in [0.4, 0.5) is 18.9 Å². The zero-order valence-corrected chi connectivity index (χ0v) is 23.5. The van der Waals surface area contributed by atoms with E-state index in [-0.39, 0.29) is 54.4 Å². The van der Waals surface area contributed by atoms with Crippen LogP contribution < -0.4 is 10.1 Å². The number of benzene rings is 1. The third kappa shape index (κ3) is 7.95. The monoisotopic (exact) mass is 589 g/mol. The standard InChI is InChI=1S/C25H34F3N5O6S/c1-16-11-33(17(2)14-34)24(36)10-18-9-19(30-22(35)7-8-25(26,27)28)5-6-20(18)39-21(16)12-32(4)40(37,38)23-13-31(3)15-29-23/h5-6,9,13,15-17,21,34H,7-8,10-12,14H2,1-4H3,(H,30,35)/t16-,17-,21-/m0/s1. The highest BCUT2D eigenvalue weighted by Gasteiger charge is 2.34. The number of rotatable bonds is 9. The van der Waals surface area contributed by atoms with E-state index in [0.717, 1.165) is 4.31 Å². The molecule has 222 valence electrons. The van der Waals surface area contributed by atoms with Crippen molar-refractivity contribution >= 4 is 27.5 Å². The van der Waals surface area contributed by atoms with Crippen LogP contribution in [0.1, 0.15) is 32.3 Å². The molecule has 2 aromatic rings. The van der Waals surface area contributed by atoms with Crippen molar-refractivity contribution in [2.24, 2.45) is 13.0 Å². The molecule has 0 spiro atoms. The molecule has 15 heteroatoms. The Balaban J connectivity index is 1.92. The molecule has 2 amide bonds. The molecule has 0 fully saturated rings. The maximum atomic E-state index is 13.3. The Morgan fingerprint density at radius 3 is 2.65 bits per heavy atom. The van der Waals surface area contributed by atoms with Gasteiger partial charge in [0.25, 0.3) is 10.0 Å². The van der Waals surface area contributed by atoms with Crippen LogP contribution >= 0.6 is 0 Å². The van der Waals surface area contributed by atoms with Gasteiger partial charge in [0.05, 0.1) is 38.4 Å². The largest absolute Gasteiger partial charge is 0.488 e. The van der Waals surface area contributed by atoms with Crippen LogP contribution in [0.2, 0.25) is 0 Å². The Morgan fingerprint density at radius 2 is 2.05 bits per heavy atom. The fourth-order valence-corrected chi connectivity index (χ4v) is 5.38. The van der Waals surface area contributed by atoms with E-state index in [9.17, 15) is 36.3 Å². The first-order valence-electron chi connectivity index (χ1n) is 12.6. The van der Waals surface area contributed by atoms with E-state index in [2.05, 4.69) is 10.3 Å². The SMILES string of the molecule is C[C@H]1CN([C@@H](C)CO)C(=O)Cc2cc(NC(=O)CCC(F)(F)F)ccc2O[C@H]1CN(C)S(=O)(=O)c1cn(C)cn1. The maximum absolute atomic E-state index is 13.3. The number of sulfonamides is 1. The fraction of sp³-hybridized carbons (Fsp3) is 0.560. The van der Waals surface area contributed by atoms with Gasteiger partial charge in [0.1, 0.15) is 11.9 Å². The number of aliphatic hydroxyl groups is 1. The zero-order chi connectivity index (χ0) is 29.8. The summed E-state index contributed by atoms with van der Waals surface area (Å²) in [6.07, 6.45) is -4.67. The molecule has 3 rings (SSSR count). The summed E-state index contributed by atoms with van der Waals surface area (Å²) in [5, 5.41) is 12.0. The average Bonchev–Trinajstić information content (AvgIpc) is 3.33. The molecule has 0 aliphatic carbocycles. The lowest BCUT2D eigenvalue weighted by Gasteiger charge is -2.33. The number of carbonyl (C=O) groups is 2. The Bertz CT molecular complexity index is 1320. The van der Waals surface area contributed by atoms with Crippen molar-refractivity contribution in [3.8, 4) is 5.75 Å². The number of hydrogen-bond donors (Lipinski definition) is 2. The second-order valence-electron chi connectivity index (χ2n) is 10.0. The van der Waals surface area contributed by atoms with Gasteiger partial charge in [0.2, 0.25) is 11.8 Å². The predicted octanol–water partition coefficient (Wildman–Crippen LogP) is 2.17. The van der Waals surface area contributed by atoms with Gasteiger partial charge in [-0.25, -0.2) is 13.4 Å². The molecule has 11 nitrogen and oxygen atoms in total. The number of alkyl halides is 3. The van der Waals surface area contributed by atoms with E-state index in [1.807, 2.05) is 0 Å². The number of anilines is 1. The van der Waals surface area contributed by atoms with Crippen LogP contribution in [0.5, 0.6) is 5.75 Å². The number of imidazole rings is 1. The molecule has 0 unspecified atom stereocenters. The summed E-state index contributed by atoms with van der Waals surface area (Å²) in [6.45, 7) is 3.24. The number of nitrogens with zero attached hydrogens (tertiary/aromatic N) is 4. The van der Waals surface area contributed by atoms with Gasteiger partial charge in [-0.3, -0.25) is 9.59 Å². The number of nitrogens with one attached hydrogen (secondary N) is 1. The number of halogens is 3. The van der Waals surface area contributed by atoms with Gasteiger partial charge < -0.3 is 24.6 Å². The minimum atomic E-state index is -4.47. The number of aromatic nitrogens is 2. The van der Waals surface area contributed by atoms with Gasteiger partial charge in [-0.1, -0.05) is 6.92 Å². The highest BCUT2D eigenvalue weighted by molar-refractivity contribution is 7.89. The number of amides is 2. The highest BCUT2D eigenvalue weighted by atomic mass is 32.2. The van der Waals surface area contributed by atoms with E-state index in [1.165, 1.54) is 47.2 Å². The lowest BCUT2D eigenvalue weighted by Crippen LogP contribution is -2.48. The topological polar surface area (TPSA) is 134 Å². The number of aryl methyl sites for hydroxylation is 1. The average molecular weight is 590 g/mol. The number of likely N-dealkylation sites (N-methyl/N-ethyl adjacent to an activating group) is 1. The molecule has 0 saturated carbocycles. The summed E-state index contributed by atoms with van der Waals surface area (Å²) in [5.41, 5.74) is 0.533. The van der Waals surface area contributed by atoms with E-state index in [1.54, 1.807) is 20.9 Å². The Morgan fingerprint density at radius 1 is 1.35 bits per heavy atom. The van der Waals surface area contributed by atoms with Crippen LogP contribution in [0.3, 0.4) is 0 Å². The van der Waals surface area contributed by atoms with E-state index in [0.29, 0.717) is 5.56 Å². The smallest absolute Gasteiger partial charge is 0.389 e. The summed E-state index contributed by atoms with van der Waals surface area (Å²) in [4.78, 5) is 30.8. The van der Waals surface area contributed by atoms with Crippen LogP contribution in [0.25, 0.3) is 0 Å². The van der Waals surface area contributed by atoms with Crippen molar-refractivity contribution in [2.45, 2.75) is 56.5 Å². The quantitative estimate of drug-likeness (QED) is 0.458. The lowest BCUT2D eigenvalue weighted by molar-refractivity contribution is -0.142. The van der Waals surface area contributed by atoms with Crippen LogP contribution in [-0.4, -0.2) is 89.2 Å². The van der Waals surface area contributed by atoms with Crippen molar-refractivity contribution in [3.63, 3.8) is 0 Å². The normalized spacial score (nSPS) is 19.3. The summed E-state index contributed by atoms with van der Waals surface area (Å²) in [5.74, 6) is -1.29. The van der Waals surface area contributed by atoms with Crippen molar-refractivity contribution in [1.82, 2.24) is 18.8 Å². The number of fused-ring (bicyclic) bond motifs is 1. The maximum Gasteiger partial charge on any atom is 0.389 e. The minimum Gasteiger partial charge on any atom is -0.488 e. The number of carbonyl (C=O) groups excluding carboxylic acids is 2. The predicted molar refractivity (Wildman–Crippen MR) is 139 cm³/mol. The lowest BCUT2D eigenvalue weighted by atomic mass is 10.0. The molecule has 0 saturated heterocycles. The van der Waals surface area contributed by atoms with Crippen LogP contribution in [-0.2, 0) is 33.1 Å². The molecule has 1 aliphatic heterocycles. The highest BCUT2D eigenvalue weighted by Crippen LogP contribution is 2.30. The van der Waals surface area contributed by atoms with Gasteiger partial charge in [0, 0.05) is 50.4 Å². The molecular formula is C25H34F3N5O6S. The third-order valence-corrected chi connectivity index (χ3v) is 8.34.